The Balaban J connectivity index is 2.13. The van der Waals surface area contributed by atoms with Gasteiger partial charge in [0.15, 0.2) is 5.82 Å². The van der Waals surface area contributed by atoms with E-state index in [0.717, 1.165) is 11.8 Å². The number of hydrogen-bond acceptors (Lipinski definition) is 6. The zero-order valence-corrected chi connectivity index (χ0v) is 14.1. The Morgan fingerprint density at radius 1 is 1.50 bits per heavy atom. The van der Waals surface area contributed by atoms with Crippen LogP contribution in [0.1, 0.15) is 13.3 Å². The third-order valence-electron chi connectivity index (χ3n) is 3.34. The van der Waals surface area contributed by atoms with E-state index in [2.05, 4.69) is 10.2 Å². The van der Waals surface area contributed by atoms with Crippen LogP contribution in [0.4, 0.5) is 4.39 Å². The molecule has 24 heavy (non-hydrogen) atoms. The lowest BCUT2D eigenvalue weighted by molar-refractivity contribution is -0.128. The van der Waals surface area contributed by atoms with E-state index in [1.165, 1.54) is 15.6 Å². The molecule has 1 aromatic heterocycles. The molecule has 0 aliphatic heterocycles. The van der Waals surface area contributed by atoms with Gasteiger partial charge in [0.2, 0.25) is 11.1 Å². The van der Waals surface area contributed by atoms with E-state index < -0.39 is 11.1 Å². The third kappa shape index (κ3) is 3.83. The fraction of sp³-hybridized carbons (Fsp3) is 0.333. The molecule has 9 heteroatoms. The number of thioether (sulfide) groups is 1. The van der Waals surface area contributed by atoms with Gasteiger partial charge in [0.1, 0.15) is 5.82 Å². The second-order valence-corrected chi connectivity index (χ2v) is 6.39. The SMILES string of the molecule is C[C@H](Sc1nnc(-c2ccccc2F)n1N)C(=O)N(C)CCC#N. The third-order valence-corrected chi connectivity index (χ3v) is 4.39. The molecule has 1 amide bonds. The molecule has 1 heterocycles. The maximum Gasteiger partial charge on any atom is 0.235 e. The molecule has 2 rings (SSSR count). The second kappa shape index (κ2) is 7.79. The molecule has 0 fully saturated rings. The minimum absolute atomic E-state index is 0.148. The van der Waals surface area contributed by atoms with Gasteiger partial charge in [-0.2, -0.15) is 5.26 Å². The first-order valence-electron chi connectivity index (χ1n) is 7.19. The van der Waals surface area contributed by atoms with Crippen molar-refractivity contribution >= 4 is 17.7 Å². The zero-order chi connectivity index (χ0) is 17.7. The number of hydrogen-bond donors (Lipinski definition) is 1. The quantitative estimate of drug-likeness (QED) is 0.629. The van der Waals surface area contributed by atoms with Crippen molar-refractivity contribution in [2.75, 3.05) is 19.4 Å². The van der Waals surface area contributed by atoms with E-state index in [-0.39, 0.29) is 23.7 Å². The molecule has 0 radical (unpaired) electrons. The van der Waals surface area contributed by atoms with Crippen molar-refractivity contribution in [2.45, 2.75) is 23.8 Å². The lowest BCUT2D eigenvalue weighted by Crippen LogP contribution is -2.34. The molecule has 1 aromatic carbocycles. The predicted octanol–water partition coefficient (Wildman–Crippen LogP) is 1.65. The Hall–Kier alpha value is -2.60. The van der Waals surface area contributed by atoms with Crippen LogP contribution in [0, 0.1) is 17.1 Å². The summed E-state index contributed by atoms with van der Waals surface area (Å²) in [6.45, 7) is 2.07. The minimum atomic E-state index is -0.464. The highest BCUT2D eigenvalue weighted by atomic mass is 32.2. The van der Waals surface area contributed by atoms with Crippen LogP contribution in [0.2, 0.25) is 0 Å². The average molecular weight is 348 g/mol. The summed E-state index contributed by atoms with van der Waals surface area (Å²) < 4.78 is 15.0. The Kier molecular flexibility index (Phi) is 5.76. The first-order valence-corrected chi connectivity index (χ1v) is 8.07. The predicted molar refractivity (Wildman–Crippen MR) is 88.8 cm³/mol. The van der Waals surface area contributed by atoms with Gasteiger partial charge in [0.05, 0.1) is 23.3 Å². The highest BCUT2D eigenvalue weighted by molar-refractivity contribution is 8.00. The van der Waals surface area contributed by atoms with Crippen LogP contribution in [-0.4, -0.2) is 44.5 Å². The fourth-order valence-corrected chi connectivity index (χ4v) is 2.92. The monoisotopic (exact) mass is 348 g/mol. The van der Waals surface area contributed by atoms with Crippen LogP contribution in [-0.2, 0) is 4.79 Å². The van der Waals surface area contributed by atoms with Crippen molar-refractivity contribution in [3.8, 4) is 17.5 Å². The molecule has 2 aromatic rings. The Bertz CT molecular complexity index is 772. The van der Waals surface area contributed by atoms with Crippen LogP contribution in [0.25, 0.3) is 11.4 Å². The summed E-state index contributed by atoms with van der Waals surface area (Å²) in [5.74, 6) is 5.54. The van der Waals surface area contributed by atoms with Gasteiger partial charge in [-0.25, -0.2) is 9.07 Å². The van der Waals surface area contributed by atoms with Crippen molar-refractivity contribution < 1.29 is 9.18 Å². The number of carbonyl (C=O) groups is 1. The van der Waals surface area contributed by atoms with Crippen LogP contribution in [0.5, 0.6) is 0 Å². The summed E-state index contributed by atoms with van der Waals surface area (Å²) in [6.07, 6.45) is 0.268. The largest absolute Gasteiger partial charge is 0.344 e. The van der Waals surface area contributed by atoms with E-state index in [0.29, 0.717) is 11.7 Å². The van der Waals surface area contributed by atoms with E-state index >= 15 is 0 Å². The molecule has 126 valence electrons. The first kappa shape index (κ1) is 17.7. The van der Waals surface area contributed by atoms with Gasteiger partial charge in [0.25, 0.3) is 0 Å². The Labute approximate surface area is 143 Å². The number of aromatic nitrogens is 3. The zero-order valence-electron chi connectivity index (χ0n) is 13.3. The number of nitrogen functional groups attached to an aromatic ring is 1. The topological polar surface area (TPSA) is 101 Å². The lowest BCUT2D eigenvalue weighted by Gasteiger charge is -2.19. The van der Waals surface area contributed by atoms with Crippen molar-refractivity contribution in [3.63, 3.8) is 0 Å². The standard InChI is InChI=1S/C15H17FN6OS/c1-10(14(23)21(2)9-5-8-17)24-15-20-19-13(22(15)18)11-6-3-4-7-12(11)16/h3-4,6-7,10H,5,9,18H2,1-2H3/t10-/m0/s1. The van der Waals surface area contributed by atoms with E-state index in [4.69, 9.17) is 11.1 Å². The normalized spacial score (nSPS) is 11.8. The summed E-state index contributed by atoms with van der Waals surface area (Å²) >= 11 is 1.13. The van der Waals surface area contributed by atoms with Gasteiger partial charge in [-0.1, -0.05) is 23.9 Å². The molecule has 0 bridgehead atoms. The number of nitrogens with zero attached hydrogens (tertiary/aromatic N) is 5. The minimum Gasteiger partial charge on any atom is -0.344 e. The van der Waals surface area contributed by atoms with E-state index in [1.807, 2.05) is 6.07 Å². The number of amides is 1. The molecule has 0 aliphatic carbocycles. The van der Waals surface area contributed by atoms with E-state index in [1.54, 1.807) is 32.2 Å². The molecule has 0 unspecified atom stereocenters. The fourth-order valence-electron chi connectivity index (χ4n) is 2.03. The highest BCUT2D eigenvalue weighted by Gasteiger charge is 2.23. The molecule has 0 saturated heterocycles. The molecule has 0 saturated carbocycles. The molecule has 0 aliphatic rings. The first-order chi connectivity index (χ1) is 11.5. The molecule has 2 N–H and O–H groups in total. The van der Waals surface area contributed by atoms with E-state index in [9.17, 15) is 9.18 Å². The van der Waals surface area contributed by atoms with Crippen molar-refractivity contribution in [1.29, 1.82) is 5.26 Å². The molecule has 0 spiro atoms. The molecule has 1 atom stereocenters. The van der Waals surface area contributed by atoms with Gasteiger partial charge in [-0.05, 0) is 19.1 Å². The Morgan fingerprint density at radius 2 is 2.21 bits per heavy atom. The molecular weight excluding hydrogens is 331 g/mol. The van der Waals surface area contributed by atoms with Crippen LogP contribution in [0.3, 0.4) is 0 Å². The van der Waals surface area contributed by atoms with Gasteiger partial charge in [0, 0.05) is 13.6 Å². The lowest BCUT2D eigenvalue weighted by atomic mass is 10.2. The summed E-state index contributed by atoms with van der Waals surface area (Å²) in [5.41, 5.74) is 0.240. The van der Waals surface area contributed by atoms with Crippen LogP contribution in [0.15, 0.2) is 29.4 Å². The summed E-state index contributed by atoms with van der Waals surface area (Å²) in [6, 6.07) is 8.11. The number of halogens is 1. The van der Waals surface area contributed by atoms with Crippen molar-refractivity contribution in [3.05, 3.63) is 30.1 Å². The summed E-state index contributed by atoms with van der Waals surface area (Å²) in [4.78, 5) is 13.7. The van der Waals surface area contributed by atoms with Crippen molar-refractivity contribution in [1.82, 2.24) is 19.8 Å². The molecular formula is C15H17FN6OS. The maximum atomic E-state index is 13.8. The number of nitriles is 1. The van der Waals surface area contributed by atoms with Gasteiger partial charge in [-0.15, -0.1) is 10.2 Å². The van der Waals surface area contributed by atoms with Gasteiger partial charge < -0.3 is 10.7 Å². The number of rotatable bonds is 6. The van der Waals surface area contributed by atoms with Gasteiger partial charge in [-0.3, -0.25) is 4.79 Å². The van der Waals surface area contributed by atoms with Crippen molar-refractivity contribution in [2.24, 2.45) is 0 Å². The maximum absolute atomic E-state index is 13.8. The average Bonchev–Trinajstić information content (AvgIpc) is 2.93. The van der Waals surface area contributed by atoms with Crippen LogP contribution >= 0.6 is 11.8 Å². The smallest absolute Gasteiger partial charge is 0.235 e. The Morgan fingerprint density at radius 3 is 2.88 bits per heavy atom. The number of benzene rings is 1. The number of nitrogens with two attached hydrogens (primary N) is 1. The molecule has 7 nitrogen and oxygen atoms in total. The number of carbonyl (C=O) groups excluding carboxylic acids is 1. The van der Waals surface area contributed by atoms with Crippen LogP contribution < -0.4 is 5.84 Å². The highest BCUT2D eigenvalue weighted by Crippen LogP contribution is 2.26. The summed E-state index contributed by atoms with van der Waals surface area (Å²) in [7, 11) is 1.63. The second-order valence-electron chi connectivity index (χ2n) is 5.08. The summed E-state index contributed by atoms with van der Waals surface area (Å²) in [5, 5.41) is 16.3. The van der Waals surface area contributed by atoms with Gasteiger partial charge >= 0.3 is 0 Å².